The average Bonchev–Trinajstić information content (AvgIpc) is 2.02. The number of halogens is 2. The van der Waals surface area contributed by atoms with Crippen LogP contribution in [0.4, 0.5) is 0 Å². The lowest BCUT2D eigenvalue weighted by Gasteiger charge is -2.03. The molecule has 66 valence electrons. The van der Waals surface area contributed by atoms with E-state index in [1.807, 2.05) is 0 Å². The predicted octanol–water partition coefficient (Wildman–Crippen LogP) is 2.76. The summed E-state index contributed by atoms with van der Waals surface area (Å²) < 4.78 is 10.8. The smallest absolute Gasteiger partial charge is 0.271 e. The first-order valence-electron chi connectivity index (χ1n) is 3.21. The van der Waals surface area contributed by atoms with E-state index in [-0.39, 0.29) is 0 Å². The number of hydrogen-bond donors (Lipinski definition) is 1. The second kappa shape index (κ2) is 4.24. The number of hydrogen-bond acceptors (Lipinski definition) is 2. The molecule has 3 nitrogen and oxygen atoms in total. The predicted molar refractivity (Wildman–Crippen MR) is 50.4 cm³/mol. The van der Waals surface area contributed by atoms with Gasteiger partial charge in [0, 0.05) is 18.9 Å². The van der Waals surface area contributed by atoms with Crippen molar-refractivity contribution in [2.24, 2.45) is 0 Å². The van der Waals surface area contributed by atoms with Crippen molar-refractivity contribution in [1.82, 2.24) is 10.1 Å². The molecule has 0 unspecified atom stereocenters. The standard InChI is InChI=1S/C6H7Cl2N2OP/c7-12(8,11)10-5-6-1-3-9-4-2-6/h1-4H,5H2,(H,10,11). The van der Waals surface area contributed by atoms with E-state index in [1.165, 1.54) is 0 Å². The molecule has 0 aliphatic carbocycles. The number of pyridine rings is 1. The lowest BCUT2D eigenvalue weighted by molar-refractivity contribution is 0.584. The fourth-order valence-corrected chi connectivity index (χ4v) is 1.41. The van der Waals surface area contributed by atoms with E-state index in [0.717, 1.165) is 5.56 Å². The molecule has 0 aromatic carbocycles. The summed E-state index contributed by atoms with van der Waals surface area (Å²) in [4.78, 5) is 3.83. The van der Waals surface area contributed by atoms with Gasteiger partial charge in [-0.1, -0.05) is 0 Å². The van der Waals surface area contributed by atoms with Crippen LogP contribution in [-0.2, 0) is 11.1 Å². The van der Waals surface area contributed by atoms with Crippen LogP contribution < -0.4 is 5.09 Å². The van der Waals surface area contributed by atoms with Crippen LogP contribution in [0.2, 0.25) is 0 Å². The van der Waals surface area contributed by atoms with Crippen LogP contribution in [0.5, 0.6) is 0 Å². The highest BCUT2D eigenvalue weighted by Crippen LogP contribution is 2.52. The van der Waals surface area contributed by atoms with Crippen LogP contribution in [0.1, 0.15) is 5.56 Å². The summed E-state index contributed by atoms with van der Waals surface area (Å²) in [7, 11) is 0. The fraction of sp³-hybridized carbons (Fsp3) is 0.167. The van der Waals surface area contributed by atoms with Crippen LogP contribution in [0.3, 0.4) is 0 Å². The third-order valence-electron chi connectivity index (χ3n) is 1.22. The second-order valence-corrected chi connectivity index (χ2v) is 6.77. The highest BCUT2D eigenvalue weighted by Gasteiger charge is 2.11. The Kier molecular flexibility index (Phi) is 3.53. The minimum atomic E-state index is -3.16. The van der Waals surface area contributed by atoms with Gasteiger partial charge in [0.1, 0.15) is 0 Å². The third-order valence-corrected chi connectivity index (χ3v) is 2.46. The Hall–Kier alpha value is -0.0800. The lowest BCUT2D eigenvalue weighted by atomic mass is 10.3. The highest BCUT2D eigenvalue weighted by molar-refractivity contribution is 8.07. The van der Waals surface area contributed by atoms with Gasteiger partial charge in [-0.15, -0.1) is 0 Å². The Morgan fingerprint density at radius 2 is 2.00 bits per heavy atom. The van der Waals surface area contributed by atoms with Crippen molar-refractivity contribution in [3.63, 3.8) is 0 Å². The summed E-state index contributed by atoms with van der Waals surface area (Å²) in [6.45, 7) is 0.382. The number of aromatic nitrogens is 1. The van der Waals surface area contributed by atoms with Gasteiger partial charge >= 0.3 is 6.00 Å². The van der Waals surface area contributed by atoms with Gasteiger partial charge in [0.25, 0.3) is 0 Å². The van der Waals surface area contributed by atoms with Crippen molar-refractivity contribution in [2.75, 3.05) is 0 Å². The molecule has 1 N–H and O–H groups in total. The zero-order valence-corrected chi connectivity index (χ0v) is 8.48. The first-order valence-corrected chi connectivity index (χ1v) is 6.73. The SMILES string of the molecule is O=P(Cl)(Cl)NCc1ccncc1. The quantitative estimate of drug-likeness (QED) is 0.804. The van der Waals surface area contributed by atoms with Gasteiger partial charge in [-0.2, -0.15) is 0 Å². The lowest BCUT2D eigenvalue weighted by Crippen LogP contribution is -2.03. The molecule has 1 heterocycles. The molecule has 0 spiro atoms. The van der Waals surface area contributed by atoms with E-state index in [1.54, 1.807) is 24.5 Å². The average molecular weight is 225 g/mol. The van der Waals surface area contributed by atoms with E-state index in [2.05, 4.69) is 10.1 Å². The van der Waals surface area contributed by atoms with Crippen molar-refractivity contribution in [3.05, 3.63) is 30.1 Å². The molecule has 0 aliphatic heterocycles. The number of nitrogens with one attached hydrogen (secondary N) is 1. The van der Waals surface area contributed by atoms with E-state index >= 15 is 0 Å². The Morgan fingerprint density at radius 3 is 2.50 bits per heavy atom. The Morgan fingerprint density at radius 1 is 1.42 bits per heavy atom. The van der Waals surface area contributed by atoms with Crippen molar-refractivity contribution in [2.45, 2.75) is 6.54 Å². The van der Waals surface area contributed by atoms with Crippen molar-refractivity contribution < 1.29 is 4.57 Å². The van der Waals surface area contributed by atoms with E-state index < -0.39 is 6.00 Å². The zero-order chi connectivity index (χ0) is 9.03. The van der Waals surface area contributed by atoms with E-state index in [9.17, 15) is 4.57 Å². The van der Waals surface area contributed by atoms with Crippen molar-refractivity contribution in [3.8, 4) is 0 Å². The molecular formula is C6H7Cl2N2OP. The molecule has 0 aliphatic rings. The van der Waals surface area contributed by atoms with Crippen molar-refractivity contribution >= 4 is 28.5 Å². The molecule has 1 aromatic heterocycles. The maximum absolute atomic E-state index is 10.8. The molecule has 6 heteroatoms. The molecule has 0 bridgehead atoms. The second-order valence-electron chi connectivity index (χ2n) is 2.15. The summed E-state index contributed by atoms with van der Waals surface area (Å²) in [6.07, 6.45) is 3.29. The molecule has 1 aromatic rings. The van der Waals surface area contributed by atoms with Crippen LogP contribution >= 0.6 is 28.5 Å². The maximum atomic E-state index is 10.8. The molecule has 1 rings (SSSR count). The number of rotatable bonds is 3. The first-order chi connectivity index (χ1) is 5.58. The largest absolute Gasteiger partial charge is 0.319 e. The summed E-state index contributed by atoms with van der Waals surface area (Å²) in [5, 5.41) is 2.50. The van der Waals surface area contributed by atoms with Crippen LogP contribution in [0.25, 0.3) is 0 Å². The third kappa shape index (κ3) is 4.07. The molecule has 0 fully saturated rings. The zero-order valence-electron chi connectivity index (χ0n) is 6.08. The highest BCUT2D eigenvalue weighted by atomic mass is 35.9. The Labute approximate surface area is 80.1 Å². The van der Waals surface area contributed by atoms with Gasteiger partial charge in [0.05, 0.1) is 0 Å². The molecule has 0 amide bonds. The summed E-state index contributed by atoms with van der Waals surface area (Å²) >= 11 is 10.6. The summed E-state index contributed by atoms with van der Waals surface area (Å²) in [5.41, 5.74) is 0.937. The molecule has 0 saturated heterocycles. The summed E-state index contributed by atoms with van der Waals surface area (Å²) in [6, 6.07) is 3.58. The minimum Gasteiger partial charge on any atom is -0.271 e. The van der Waals surface area contributed by atoms with Gasteiger partial charge in [-0.25, -0.2) is 5.09 Å². The number of nitrogens with zero attached hydrogens (tertiary/aromatic N) is 1. The van der Waals surface area contributed by atoms with E-state index in [0.29, 0.717) is 6.54 Å². The van der Waals surface area contributed by atoms with Gasteiger partial charge < -0.3 is 0 Å². The van der Waals surface area contributed by atoms with Gasteiger partial charge in [0.15, 0.2) is 0 Å². The Balaban J connectivity index is 2.50. The van der Waals surface area contributed by atoms with Crippen LogP contribution in [0, 0.1) is 0 Å². The molecule has 12 heavy (non-hydrogen) atoms. The molecular weight excluding hydrogens is 218 g/mol. The monoisotopic (exact) mass is 224 g/mol. The molecule has 0 saturated carbocycles. The molecule has 0 radical (unpaired) electrons. The van der Waals surface area contributed by atoms with Gasteiger partial charge in [-0.05, 0) is 40.2 Å². The van der Waals surface area contributed by atoms with E-state index in [4.69, 9.17) is 22.5 Å². The van der Waals surface area contributed by atoms with Gasteiger partial charge in [0.2, 0.25) is 0 Å². The van der Waals surface area contributed by atoms with Crippen LogP contribution in [0.15, 0.2) is 24.5 Å². The fourth-order valence-electron chi connectivity index (χ4n) is 0.684. The topological polar surface area (TPSA) is 42.0 Å². The molecule has 0 atom stereocenters. The normalized spacial score (nSPS) is 11.5. The maximum Gasteiger partial charge on any atom is 0.319 e. The Bertz CT molecular complexity index is 287. The van der Waals surface area contributed by atoms with Crippen molar-refractivity contribution in [1.29, 1.82) is 0 Å². The minimum absolute atomic E-state index is 0.382. The van der Waals surface area contributed by atoms with Crippen LogP contribution in [-0.4, -0.2) is 4.98 Å². The van der Waals surface area contributed by atoms with Gasteiger partial charge in [-0.3, -0.25) is 9.55 Å². The first kappa shape index (κ1) is 10.0. The summed E-state index contributed by atoms with van der Waals surface area (Å²) in [5.74, 6) is -3.16.